The third-order valence-corrected chi connectivity index (χ3v) is 4.79. The molecule has 2 N–H and O–H groups in total. The maximum atomic E-state index is 12.0. The summed E-state index contributed by atoms with van der Waals surface area (Å²) in [6.07, 6.45) is 1.04. The Morgan fingerprint density at radius 2 is 1.88 bits per heavy atom. The van der Waals surface area contributed by atoms with E-state index in [1.807, 2.05) is 0 Å². The number of nitrogens with two attached hydrogens (primary N) is 1. The lowest BCUT2D eigenvalue weighted by molar-refractivity contribution is -0.682. The van der Waals surface area contributed by atoms with Crippen molar-refractivity contribution < 1.29 is 13.7 Å². The van der Waals surface area contributed by atoms with E-state index in [-0.39, 0.29) is 5.75 Å². The van der Waals surface area contributed by atoms with E-state index in [1.165, 1.54) is 0 Å². The number of sulfone groups is 1. The second-order valence-corrected chi connectivity index (χ2v) is 6.73. The largest absolute Gasteiger partial charge is 0.343 e. The molecule has 0 aliphatic rings. The second kappa shape index (κ2) is 6.38. The van der Waals surface area contributed by atoms with Gasteiger partial charge in [0, 0.05) is 5.02 Å². The Labute approximate surface area is 108 Å². The van der Waals surface area contributed by atoms with Crippen molar-refractivity contribution in [2.24, 2.45) is 0 Å². The van der Waals surface area contributed by atoms with E-state index in [9.17, 15) is 8.42 Å². The molecule has 3 nitrogen and oxygen atoms in total. The van der Waals surface area contributed by atoms with Gasteiger partial charge in [-0.15, -0.1) is 0 Å². The summed E-state index contributed by atoms with van der Waals surface area (Å²) in [7, 11) is -3.17. The van der Waals surface area contributed by atoms with Crippen LogP contribution in [0.2, 0.25) is 5.02 Å². The molecule has 0 spiro atoms. The van der Waals surface area contributed by atoms with E-state index in [4.69, 9.17) is 11.6 Å². The van der Waals surface area contributed by atoms with Crippen LogP contribution in [-0.2, 0) is 9.84 Å². The Kier molecular flexibility index (Phi) is 5.43. The minimum atomic E-state index is -3.17. The van der Waals surface area contributed by atoms with E-state index in [2.05, 4.69) is 19.2 Å². The van der Waals surface area contributed by atoms with Gasteiger partial charge in [0.1, 0.15) is 5.75 Å². The number of halogens is 1. The fourth-order valence-corrected chi connectivity index (χ4v) is 2.79. The fourth-order valence-electron chi connectivity index (χ4n) is 1.43. The standard InChI is InChI=1S/C12H18ClNO2S/c1-3-10(2)14-8-9-17(15,16)12-6-4-11(13)5-7-12/h4-7,10,14H,3,8-9H2,1-2H3/p+1/t10-/m1/s1. The van der Waals surface area contributed by atoms with E-state index >= 15 is 0 Å². The first kappa shape index (κ1) is 14.5. The SMILES string of the molecule is CC[C@@H](C)[NH2+]CCS(=O)(=O)c1ccc(Cl)cc1. The van der Waals surface area contributed by atoms with Crippen LogP contribution in [0.3, 0.4) is 0 Å². The molecule has 1 aromatic rings. The van der Waals surface area contributed by atoms with Crippen molar-refractivity contribution in [3.63, 3.8) is 0 Å². The molecule has 0 unspecified atom stereocenters. The van der Waals surface area contributed by atoms with E-state index in [0.29, 0.717) is 22.5 Å². The molecule has 1 rings (SSSR count). The van der Waals surface area contributed by atoms with Crippen molar-refractivity contribution in [1.29, 1.82) is 0 Å². The smallest absolute Gasteiger partial charge is 0.183 e. The fraction of sp³-hybridized carbons (Fsp3) is 0.500. The molecule has 1 atom stereocenters. The predicted octanol–water partition coefficient (Wildman–Crippen LogP) is 1.48. The Morgan fingerprint density at radius 3 is 2.41 bits per heavy atom. The van der Waals surface area contributed by atoms with Gasteiger partial charge in [-0.2, -0.15) is 0 Å². The van der Waals surface area contributed by atoms with Gasteiger partial charge in [-0.1, -0.05) is 18.5 Å². The van der Waals surface area contributed by atoms with Gasteiger partial charge in [-0.05, 0) is 37.6 Å². The highest BCUT2D eigenvalue weighted by Crippen LogP contribution is 2.14. The van der Waals surface area contributed by atoms with Crippen LogP contribution in [0.15, 0.2) is 29.2 Å². The first-order chi connectivity index (χ1) is 7.95. The number of hydrogen-bond donors (Lipinski definition) is 1. The highest BCUT2D eigenvalue weighted by molar-refractivity contribution is 7.91. The minimum absolute atomic E-state index is 0.166. The average molecular weight is 277 g/mol. The lowest BCUT2D eigenvalue weighted by Gasteiger charge is -2.08. The van der Waals surface area contributed by atoms with E-state index < -0.39 is 9.84 Å². The van der Waals surface area contributed by atoms with E-state index in [1.54, 1.807) is 24.3 Å². The number of benzene rings is 1. The Hall–Kier alpha value is -0.580. The average Bonchev–Trinajstić information content (AvgIpc) is 2.29. The van der Waals surface area contributed by atoms with Crippen LogP contribution >= 0.6 is 11.6 Å². The van der Waals surface area contributed by atoms with Crippen molar-refractivity contribution in [3.8, 4) is 0 Å². The second-order valence-electron chi connectivity index (χ2n) is 4.18. The summed E-state index contributed by atoms with van der Waals surface area (Å²) < 4.78 is 23.9. The van der Waals surface area contributed by atoms with Gasteiger partial charge in [-0.3, -0.25) is 0 Å². The molecule has 0 saturated carbocycles. The topological polar surface area (TPSA) is 50.8 Å². The normalized spacial score (nSPS) is 13.6. The Balaban J connectivity index is 2.60. The maximum absolute atomic E-state index is 12.0. The molecule has 5 heteroatoms. The van der Waals surface area contributed by atoms with Crippen molar-refractivity contribution in [2.45, 2.75) is 31.2 Å². The summed E-state index contributed by atoms with van der Waals surface area (Å²) in [5.41, 5.74) is 0. The summed E-state index contributed by atoms with van der Waals surface area (Å²) in [6.45, 7) is 4.78. The summed E-state index contributed by atoms with van der Waals surface area (Å²) in [5.74, 6) is 0.166. The van der Waals surface area contributed by atoms with Gasteiger partial charge in [0.15, 0.2) is 9.84 Å². The highest BCUT2D eigenvalue weighted by Gasteiger charge is 2.15. The molecule has 17 heavy (non-hydrogen) atoms. The summed E-state index contributed by atoms with van der Waals surface area (Å²) in [5, 5.41) is 2.61. The molecule has 0 heterocycles. The molecule has 1 aromatic carbocycles. The van der Waals surface area contributed by atoms with Gasteiger partial charge in [0.25, 0.3) is 0 Å². The third-order valence-electron chi connectivity index (χ3n) is 2.77. The molecule has 0 bridgehead atoms. The first-order valence-electron chi connectivity index (χ1n) is 5.77. The third kappa shape index (κ3) is 4.66. The van der Waals surface area contributed by atoms with Crippen molar-refractivity contribution in [1.82, 2.24) is 0 Å². The van der Waals surface area contributed by atoms with Crippen LogP contribution in [0, 0.1) is 0 Å². The monoisotopic (exact) mass is 276 g/mol. The van der Waals surface area contributed by atoms with Crippen LogP contribution in [0.25, 0.3) is 0 Å². The van der Waals surface area contributed by atoms with Crippen molar-refractivity contribution >= 4 is 21.4 Å². The van der Waals surface area contributed by atoms with Gasteiger partial charge in [0.2, 0.25) is 0 Å². The van der Waals surface area contributed by atoms with Crippen molar-refractivity contribution in [2.75, 3.05) is 12.3 Å². The summed E-state index contributed by atoms with van der Waals surface area (Å²) in [6, 6.07) is 6.79. The molecule has 96 valence electrons. The molecule has 0 aliphatic carbocycles. The molecule has 0 aliphatic heterocycles. The zero-order valence-corrected chi connectivity index (χ0v) is 11.8. The summed E-state index contributed by atoms with van der Waals surface area (Å²) in [4.78, 5) is 0.347. The molecule has 0 radical (unpaired) electrons. The Bertz CT molecular complexity index is 442. The molecular weight excluding hydrogens is 258 g/mol. The van der Waals surface area contributed by atoms with Gasteiger partial charge in [0.05, 0.1) is 17.5 Å². The van der Waals surface area contributed by atoms with Crippen LogP contribution in [0.5, 0.6) is 0 Å². The van der Waals surface area contributed by atoms with Crippen LogP contribution in [0.1, 0.15) is 20.3 Å². The number of quaternary nitrogens is 1. The zero-order chi connectivity index (χ0) is 12.9. The van der Waals surface area contributed by atoms with Gasteiger partial charge in [-0.25, -0.2) is 8.42 Å². The highest BCUT2D eigenvalue weighted by atomic mass is 35.5. The molecule has 0 fully saturated rings. The van der Waals surface area contributed by atoms with E-state index in [0.717, 1.165) is 6.42 Å². The van der Waals surface area contributed by atoms with Crippen LogP contribution in [-0.4, -0.2) is 26.8 Å². The molecule has 0 amide bonds. The minimum Gasteiger partial charge on any atom is -0.343 e. The van der Waals surface area contributed by atoms with Gasteiger partial charge >= 0.3 is 0 Å². The molecule has 0 saturated heterocycles. The van der Waals surface area contributed by atoms with Crippen LogP contribution < -0.4 is 5.32 Å². The number of rotatable bonds is 6. The number of hydrogen-bond acceptors (Lipinski definition) is 2. The first-order valence-corrected chi connectivity index (χ1v) is 7.80. The molecule has 0 aromatic heterocycles. The quantitative estimate of drug-likeness (QED) is 0.856. The summed E-state index contributed by atoms with van der Waals surface area (Å²) >= 11 is 5.73. The van der Waals surface area contributed by atoms with Gasteiger partial charge < -0.3 is 5.32 Å². The zero-order valence-electron chi connectivity index (χ0n) is 10.2. The maximum Gasteiger partial charge on any atom is 0.183 e. The Morgan fingerprint density at radius 1 is 1.29 bits per heavy atom. The molecular formula is C12H19ClNO2S+. The predicted molar refractivity (Wildman–Crippen MR) is 70.1 cm³/mol. The lowest BCUT2D eigenvalue weighted by atomic mass is 10.3. The lowest BCUT2D eigenvalue weighted by Crippen LogP contribution is -2.90. The van der Waals surface area contributed by atoms with Crippen molar-refractivity contribution in [3.05, 3.63) is 29.3 Å². The van der Waals surface area contributed by atoms with Crippen LogP contribution in [0.4, 0.5) is 0 Å².